The summed E-state index contributed by atoms with van der Waals surface area (Å²) in [5.74, 6) is -0.0942. The first kappa shape index (κ1) is 19.8. The van der Waals surface area contributed by atoms with E-state index in [1.54, 1.807) is 6.07 Å². The number of aromatic hydroxyl groups is 1. The van der Waals surface area contributed by atoms with Crippen molar-refractivity contribution in [1.29, 1.82) is 0 Å². The summed E-state index contributed by atoms with van der Waals surface area (Å²) in [7, 11) is 0. The van der Waals surface area contributed by atoms with Gasteiger partial charge in [0.2, 0.25) is 0 Å². The topological polar surface area (TPSA) is 35.5 Å². The molecular weight excluding hydrogens is 350 g/mol. The van der Waals surface area contributed by atoms with Crippen molar-refractivity contribution in [2.75, 3.05) is 26.2 Å². The number of hydrogen-bond acceptors (Lipinski definition) is 3. The molecule has 126 valence electrons. The lowest BCUT2D eigenvalue weighted by Gasteiger charge is -2.43. The van der Waals surface area contributed by atoms with Crippen molar-refractivity contribution >= 4 is 36.4 Å². The number of piperazine rings is 1. The highest BCUT2D eigenvalue weighted by Crippen LogP contribution is 2.45. The zero-order valence-corrected chi connectivity index (χ0v) is 14.6. The van der Waals surface area contributed by atoms with Gasteiger partial charge in [0.15, 0.2) is 0 Å². The van der Waals surface area contributed by atoms with Gasteiger partial charge in [-0.25, -0.2) is 4.39 Å². The van der Waals surface area contributed by atoms with Crippen LogP contribution in [0.25, 0.3) is 0 Å². The van der Waals surface area contributed by atoms with Crippen LogP contribution >= 0.6 is 36.4 Å². The Morgan fingerprint density at radius 1 is 1.23 bits per heavy atom. The molecule has 0 spiro atoms. The van der Waals surface area contributed by atoms with E-state index in [2.05, 4.69) is 10.2 Å². The van der Waals surface area contributed by atoms with Crippen molar-refractivity contribution in [3.05, 3.63) is 28.5 Å². The molecule has 1 saturated heterocycles. The van der Waals surface area contributed by atoms with E-state index in [1.807, 2.05) is 0 Å². The van der Waals surface area contributed by atoms with Gasteiger partial charge in [0.1, 0.15) is 16.6 Å². The Kier molecular flexibility index (Phi) is 7.69. The van der Waals surface area contributed by atoms with Gasteiger partial charge in [-0.2, -0.15) is 0 Å². The molecule has 1 aromatic carbocycles. The fraction of sp³-hybridized carbons (Fsp3) is 0.600. The third-order valence-electron chi connectivity index (χ3n) is 4.56. The normalized spacial score (nSPS) is 20.5. The quantitative estimate of drug-likeness (QED) is 0.849. The van der Waals surface area contributed by atoms with Gasteiger partial charge in [-0.1, -0.05) is 24.1 Å². The molecule has 3 rings (SSSR count). The lowest BCUT2D eigenvalue weighted by atomic mass is 9.76. The second-order valence-electron chi connectivity index (χ2n) is 5.72. The highest BCUT2D eigenvalue weighted by molar-refractivity contribution is 6.32. The average molecular weight is 372 g/mol. The van der Waals surface area contributed by atoms with Gasteiger partial charge in [-0.3, -0.25) is 4.90 Å². The molecule has 1 saturated carbocycles. The summed E-state index contributed by atoms with van der Waals surface area (Å²) in [5.41, 5.74) is 0.781. The summed E-state index contributed by atoms with van der Waals surface area (Å²) in [6, 6.07) is 3.22. The Morgan fingerprint density at radius 3 is 2.41 bits per heavy atom. The number of phenolic OH excluding ortho intramolecular Hbond substituents is 1. The van der Waals surface area contributed by atoms with Gasteiger partial charge in [-0.05, 0) is 24.8 Å². The van der Waals surface area contributed by atoms with Gasteiger partial charge in [0.25, 0.3) is 0 Å². The zero-order valence-electron chi connectivity index (χ0n) is 12.2. The standard InChI is InChI=1S/C15H20ClFN2O.2ClH/c16-13-12(17)5-4-11(15(13)20)14(10-2-1-3-10)19-8-6-18-7-9-19;;/h4-5,10,14,18,20H,1-3,6-9H2;2*1H/t14-;;/m1../s1. The lowest BCUT2D eigenvalue weighted by molar-refractivity contribution is 0.0819. The molecule has 0 radical (unpaired) electrons. The highest BCUT2D eigenvalue weighted by atomic mass is 35.5. The van der Waals surface area contributed by atoms with Gasteiger partial charge in [-0.15, -0.1) is 24.8 Å². The van der Waals surface area contributed by atoms with Crippen LogP contribution in [0.15, 0.2) is 12.1 Å². The molecule has 1 atom stereocenters. The molecule has 0 aromatic heterocycles. The highest BCUT2D eigenvalue weighted by Gasteiger charge is 2.35. The fourth-order valence-electron chi connectivity index (χ4n) is 3.26. The fourth-order valence-corrected chi connectivity index (χ4v) is 3.43. The summed E-state index contributed by atoms with van der Waals surface area (Å²) in [6.07, 6.45) is 3.58. The number of halogens is 4. The van der Waals surface area contributed by atoms with E-state index >= 15 is 0 Å². The first-order valence-electron chi connectivity index (χ1n) is 7.30. The Labute approximate surface area is 148 Å². The molecule has 0 unspecified atom stereocenters. The zero-order chi connectivity index (χ0) is 14.1. The molecule has 7 heteroatoms. The van der Waals surface area contributed by atoms with Gasteiger partial charge in [0.05, 0.1) is 0 Å². The van der Waals surface area contributed by atoms with Crippen LogP contribution in [0.4, 0.5) is 4.39 Å². The molecule has 0 amide bonds. The molecule has 1 aromatic rings. The minimum absolute atomic E-state index is 0. The molecular formula is C15H22Cl3FN2O. The van der Waals surface area contributed by atoms with Crippen LogP contribution in [0, 0.1) is 11.7 Å². The molecule has 1 aliphatic carbocycles. The molecule has 2 N–H and O–H groups in total. The Bertz CT molecular complexity index is 494. The second-order valence-corrected chi connectivity index (χ2v) is 6.10. The first-order valence-corrected chi connectivity index (χ1v) is 7.68. The number of benzene rings is 1. The van der Waals surface area contributed by atoms with Crippen molar-refractivity contribution in [2.24, 2.45) is 5.92 Å². The van der Waals surface area contributed by atoms with Crippen molar-refractivity contribution in [3.8, 4) is 5.75 Å². The Hall–Kier alpha value is -0.260. The summed E-state index contributed by atoms with van der Waals surface area (Å²) in [4.78, 5) is 2.39. The number of nitrogens with one attached hydrogen (secondary N) is 1. The van der Waals surface area contributed by atoms with E-state index in [1.165, 1.54) is 25.3 Å². The Morgan fingerprint density at radius 2 is 1.86 bits per heavy atom. The van der Waals surface area contributed by atoms with Crippen LogP contribution < -0.4 is 5.32 Å². The number of phenols is 1. The van der Waals surface area contributed by atoms with E-state index < -0.39 is 5.82 Å². The number of nitrogens with zero attached hydrogens (tertiary/aromatic N) is 1. The average Bonchev–Trinajstić information content (AvgIpc) is 2.42. The van der Waals surface area contributed by atoms with Gasteiger partial charge < -0.3 is 10.4 Å². The maximum Gasteiger partial charge on any atom is 0.145 e. The number of rotatable bonds is 3. The lowest BCUT2D eigenvalue weighted by Crippen LogP contribution is -2.47. The largest absolute Gasteiger partial charge is 0.506 e. The third kappa shape index (κ3) is 3.80. The third-order valence-corrected chi connectivity index (χ3v) is 4.92. The molecule has 0 bridgehead atoms. The van der Waals surface area contributed by atoms with E-state index in [4.69, 9.17) is 11.6 Å². The van der Waals surface area contributed by atoms with E-state index in [0.717, 1.165) is 31.7 Å². The molecule has 3 nitrogen and oxygen atoms in total. The van der Waals surface area contributed by atoms with E-state index in [9.17, 15) is 9.50 Å². The van der Waals surface area contributed by atoms with Gasteiger partial charge in [0, 0.05) is 37.8 Å². The minimum Gasteiger partial charge on any atom is -0.506 e. The van der Waals surface area contributed by atoms with E-state index in [0.29, 0.717) is 5.92 Å². The summed E-state index contributed by atoms with van der Waals surface area (Å²) in [5, 5.41) is 13.4. The monoisotopic (exact) mass is 370 g/mol. The number of hydrogen-bond donors (Lipinski definition) is 2. The van der Waals surface area contributed by atoms with Crippen LogP contribution in [0.5, 0.6) is 5.75 Å². The maximum atomic E-state index is 13.4. The first-order chi connectivity index (χ1) is 9.68. The summed E-state index contributed by atoms with van der Waals surface area (Å²) >= 11 is 5.88. The predicted octanol–water partition coefficient (Wildman–Crippen LogP) is 3.77. The van der Waals surface area contributed by atoms with Crippen LogP contribution in [0.3, 0.4) is 0 Å². The van der Waals surface area contributed by atoms with Crippen molar-refractivity contribution in [2.45, 2.75) is 25.3 Å². The smallest absolute Gasteiger partial charge is 0.145 e. The van der Waals surface area contributed by atoms with Crippen LogP contribution in [-0.2, 0) is 0 Å². The van der Waals surface area contributed by atoms with E-state index in [-0.39, 0.29) is 41.6 Å². The summed E-state index contributed by atoms with van der Waals surface area (Å²) in [6.45, 7) is 3.82. The molecule has 1 heterocycles. The van der Waals surface area contributed by atoms with Crippen molar-refractivity contribution < 1.29 is 9.50 Å². The molecule has 2 fully saturated rings. The van der Waals surface area contributed by atoms with Crippen molar-refractivity contribution in [3.63, 3.8) is 0 Å². The van der Waals surface area contributed by atoms with Crippen LogP contribution in [0.1, 0.15) is 30.9 Å². The SMILES string of the molecule is Cl.Cl.Oc1c([C@@H](C2CCC2)N2CCNCC2)ccc(F)c1Cl. The summed E-state index contributed by atoms with van der Waals surface area (Å²) < 4.78 is 13.4. The van der Waals surface area contributed by atoms with Gasteiger partial charge >= 0.3 is 0 Å². The molecule has 22 heavy (non-hydrogen) atoms. The van der Waals surface area contributed by atoms with Crippen LogP contribution in [0.2, 0.25) is 5.02 Å². The molecule has 2 aliphatic rings. The maximum absolute atomic E-state index is 13.4. The Balaban J connectivity index is 0.00000121. The second kappa shape index (κ2) is 8.55. The predicted molar refractivity (Wildman–Crippen MR) is 92.1 cm³/mol. The van der Waals surface area contributed by atoms with Crippen LogP contribution in [-0.4, -0.2) is 36.2 Å². The minimum atomic E-state index is -0.555. The van der Waals surface area contributed by atoms with Crippen molar-refractivity contribution in [1.82, 2.24) is 10.2 Å². The molecule has 1 aliphatic heterocycles.